The van der Waals surface area contributed by atoms with Gasteiger partial charge >= 0.3 is 0 Å². The number of carbonyl (C=O) groups excluding carboxylic acids is 1. The number of halogens is 1. The molecule has 7 nitrogen and oxygen atoms in total. The van der Waals surface area contributed by atoms with Crippen LogP contribution in [0.25, 0.3) is 0 Å². The van der Waals surface area contributed by atoms with Crippen molar-refractivity contribution < 1.29 is 14.3 Å². The Balaban J connectivity index is 1.61. The zero-order chi connectivity index (χ0) is 22.2. The maximum Gasteiger partial charge on any atom is 0.234 e. The van der Waals surface area contributed by atoms with Gasteiger partial charge in [-0.1, -0.05) is 35.5 Å². The Morgan fingerprint density at radius 3 is 2.71 bits per heavy atom. The normalized spacial score (nSPS) is 10.7. The first-order valence-corrected chi connectivity index (χ1v) is 11.3. The predicted molar refractivity (Wildman–Crippen MR) is 123 cm³/mol. The number of rotatable bonds is 10. The van der Waals surface area contributed by atoms with Crippen LogP contribution in [0.5, 0.6) is 11.5 Å². The number of carbonyl (C=O) groups is 1. The Morgan fingerprint density at radius 1 is 1.13 bits per heavy atom. The van der Waals surface area contributed by atoms with Gasteiger partial charge in [0.25, 0.3) is 0 Å². The first kappa shape index (κ1) is 23.0. The molecule has 0 aliphatic carbocycles. The molecule has 0 spiro atoms. The molecular formula is C22H25ClN4O3S. The molecule has 31 heavy (non-hydrogen) atoms. The van der Waals surface area contributed by atoms with Crippen molar-refractivity contribution in [2.24, 2.45) is 0 Å². The topological polar surface area (TPSA) is 78.3 Å². The van der Waals surface area contributed by atoms with Gasteiger partial charge in [-0.2, -0.15) is 0 Å². The Labute approximate surface area is 191 Å². The maximum absolute atomic E-state index is 12.3. The minimum absolute atomic E-state index is 0.142. The fourth-order valence-electron chi connectivity index (χ4n) is 2.89. The van der Waals surface area contributed by atoms with Crippen LogP contribution in [0.1, 0.15) is 25.2 Å². The first-order chi connectivity index (χ1) is 15.0. The molecule has 164 valence electrons. The van der Waals surface area contributed by atoms with Crippen LogP contribution in [0.3, 0.4) is 0 Å². The van der Waals surface area contributed by atoms with Gasteiger partial charge in [0.05, 0.1) is 12.4 Å². The molecule has 0 saturated heterocycles. The van der Waals surface area contributed by atoms with Gasteiger partial charge in [0, 0.05) is 17.3 Å². The highest BCUT2D eigenvalue weighted by molar-refractivity contribution is 7.99. The maximum atomic E-state index is 12.3. The van der Waals surface area contributed by atoms with Gasteiger partial charge in [0.2, 0.25) is 5.91 Å². The number of hydrogen-bond acceptors (Lipinski definition) is 6. The smallest absolute Gasteiger partial charge is 0.234 e. The van der Waals surface area contributed by atoms with Crippen molar-refractivity contribution in [3.8, 4) is 11.5 Å². The molecule has 1 aromatic heterocycles. The highest BCUT2D eigenvalue weighted by atomic mass is 35.5. The summed E-state index contributed by atoms with van der Waals surface area (Å²) in [6.45, 7) is 7.41. The van der Waals surface area contributed by atoms with Crippen LogP contribution in [0.2, 0.25) is 5.02 Å². The van der Waals surface area contributed by atoms with Crippen LogP contribution in [-0.4, -0.2) is 33.0 Å². The highest BCUT2D eigenvalue weighted by Crippen LogP contribution is 2.29. The fraction of sp³-hybridized carbons (Fsp3) is 0.318. The van der Waals surface area contributed by atoms with Crippen LogP contribution >= 0.6 is 23.4 Å². The summed E-state index contributed by atoms with van der Waals surface area (Å²) in [5.41, 5.74) is 1.76. The van der Waals surface area contributed by atoms with E-state index in [0.717, 1.165) is 5.56 Å². The molecule has 0 bridgehead atoms. The van der Waals surface area contributed by atoms with E-state index in [9.17, 15) is 4.79 Å². The van der Waals surface area contributed by atoms with Gasteiger partial charge in [-0.3, -0.25) is 4.79 Å². The van der Waals surface area contributed by atoms with E-state index in [-0.39, 0.29) is 18.3 Å². The zero-order valence-corrected chi connectivity index (χ0v) is 19.3. The van der Waals surface area contributed by atoms with Crippen LogP contribution in [0, 0.1) is 6.92 Å². The second-order valence-corrected chi connectivity index (χ2v) is 8.04. The van der Waals surface area contributed by atoms with Gasteiger partial charge in [-0.05, 0) is 56.7 Å². The largest absolute Gasteiger partial charge is 0.490 e. The molecule has 0 fully saturated rings. The third-order valence-corrected chi connectivity index (χ3v) is 5.51. The third kappa shape index (κ3) is 6.38. The van der Waals surface area contributed by atoms with E-state index >= 15 is 0 Å². The number of ether oxygens (including phenoxy) is 2. The molecular weight excluding hydrogens is 436 g/mol. The lowest BCUT2D eigenvalue weighted by Crippen LogP contribution is -2.15. The average molecular weight is 461 g/mol. The van der Waals surface area contributed by atoms with Crippen molar-refractivity contribution >= 4 is 35.0 Å². The standard InChI is InChI=1S/C22H25ClN4O3S/c1-4-27-20(13-30-18-10-9-15(3)11-19(18)29-5-2)25-26-22(27)31-14-21(28)24-17-8-6-7-16(23)12-17/h6-12H,4-5,13-14H2,1-3H3,(H,24,28). The molecule has 0 aliphatic rings. The van der Waals surface area contributed by atoms with Crippen molar-refractivity contribution in [1.82, 2.24) is 14.8 Å². The van der Waals surface area contributed by atoms with E-state index in [1.54, 1.807) is 24.3 Å². The lowest BCUT2D eigenvalue weighted by Gasteiger charge is -2.13. The van der Waals surface area contributed by atoms with Gasteiger partial charge in [0.1, 0.15) is 6.61 Å². The molecule has 3 aromatic rings. The van der Waals surface area contributed by atoms with Crippen LogP contribution < -0.4 is 14.8 Å². The Morgan fingerprint density at radius 2 is 1.97 bits per heavy atom. The van der Waals surface area contributed by atoms with Crippen LogP contribution in [0.4, 0.5) is 5.69 Å². The molecule has 0 saturated carbocycles. The van der Waals surface area contributed by atoms with Crippen LogP contribution in [0.15, 0.2) is 47.6 Å². The minimum Gasteiger partial charge on any atom is -0.490 e. The lowest BCUT2D eigenvalue weighted by molar-refractivity contribution is -0.113. The fourth-order valence-corrected chi connectivity index (χ4v) is 3.90. The van der Waals surface area contributed by atoms with E-state index in [1.165, 1.54) is 11.8 Å². The number of nitrogens with one attached hydrogen (secondary N) is 1. The Bertz CT molecular complexity index is 1040. The number of anilines is 1. The number of thioether (sulfide) groups is 1. The summed E-state index contributed by atoms with van der Waals surface area (Å²) in [5, 5.41) is 12.5. The van der Waals surface area contributed by atoms with Crippen molar-refractivity contribution in [2.75, 3.05) is 17.7 Å². The van der Waals surface area contributed by atoms with Crippen molar-refractivity contribution in [2.45, 2.75) is 39.1 Å². The molecule has 0 unspecified atom stereocenters. The molecule has 3 rings (SSSR count). The van der Waals surface area contributed by atoms with Gasteiger partial charge in [0.15, 0.2) is 22.5 Å². The molecule has 1 amide bonds. The number of amides is 1. The summed E-state index contributed by atoms with van der Waals surface area (Å²) in [6.07, 6.45) is 0. The number of aryl methyl sites for hydroxylation is 1. The Kier molecular flexibility index (Phi) is 8.20. The first-order valence-electron chi connectivity index (χ1n) is 9.96. The van der Waals surface area contributed by atoms with E-state index in [2.05, 4.69) is 15.5 Å². The summed E-state index contributed by atoms with van der Waals surface area (Å²) in [6, 6.07) is 12.9. The molecule has 1 N–H and O–H groups in total. The van der Waals surface area contributed by atoms with E-state index in [4.69, 9.17) is 21.1 Å². The van der Waals surface area contributed by atoms with E-state index in [0.29, 0.717) is 46.3 Å². The van der Waals surface area contributed by atoms with E-state index < -0.39 is 0 Å². The number of benzene rings is 2. The van der Waals surface area contributed by atoms with Gasteiger partial charge < -0.3 is 19.4 Å². The molecule has 9 heteroatoms. The molecule has 0 atom stereocenters. The number of aromatic nitrogens is 3. The van der Waals surface area contributed by atoms with Gasteiger partial charge in [-0.15, -0.1) is 10.2 Å². The summed E-state index contributed by atoms with van der Waals surface area (Å²) < 4.78 is 13.6. The molecule has 1 heterocycles. The molecule has 0 radical (unpaired) electrons. The van der Waals surface area contributed by atoms with E-state index in [1.807, 2.05) is 43.5 Å². The number of hydrogen-bond donors (Lipinski definition) is 1. The monoisotopic (exact) mass is 460 g/mol. The summed E-state index contributed by atoms with van der Waals surface area (Å²) in [4.78, 5) is 12.3. The molecule has 0 aliphatic heterocycles. The van der Waals surface area contributed by atoms with Crippen molar-refractivity contribution in [3.63, 3.8) is 0 Å². The molecule has 2 aromatic carbocycles. The third-order valence-electron chi connectivity index (χ3n) is 4.31. The Hall–Kier alpha value is -2.71. The zero-order valence-electron chi connectivity index (χ0n) is 17.7. The van der Waals surface area contributed by atoms with Crippen LogP contribution in [-0.2, 0) is 17.9 Å². The highest BCUT2D eigenvalue weighted by Gasteiger charge is 2.15. The summed E-state index contributed by atoms with van der Waals surface area (Å²) in [5.74, 6) is 2.11. The predicted octanol–water partition coefficient (Wildman–Crippen LogP) is 4.97. The quantitative estimate of drug-likeness (QED) is 0.430. The van der Waals surface area contributed by atoms with Crippen molar-refractivity contribution in [3.05, 3.63) is 58.9 Å². The SMILES string of the molecule is CCOc1cc(C)ccc1OCc1nnc(SCC(=O)Nc2cccc(Cl)c2)n1CC. The van der Waals surface area contributed by atoms with Gasteiger partial charge in [-0.25, -0.2) is 0 Å². The van der Waals surface area contributed by atoms with Crippen molar-refractivity contribution in [1.29, 1.82) is 0 Å². The second-order valence-electron chi connectivity index (χ2n) is 6.66. The summed E-state index contributed by atoms with van der Waals surface area (Å²) >= 11 is 7.28. The second kappa shape index (κ2) is 11.1. The lowest BCUT2D eigenvalue weighted by atomic mass is 10.2. The summed E-state index contributed by atoms with van der Waals surface area (Å²) in [7, 11) is 0. The number of nitrogens with zero attached hydrogens (tertiary/aromatic N) is 3. The minimum atomic E-state index is -0.142. The average Bonchev–Trinajstić information content (AvgIpc) is 3.14.